The van der Waals surface area contributed by atoms with Crippen LogP contribution in [0, 0.1) is 5.92 Å². The number of hydrogen-bond acceptors (Lipinski definition) is 6. The first-order valence-corrected chi connectivity index (χ1v) is 15.5. The Morgan fingerprint density at radius 2 is 1.59 bits per heavy atom. The number of sulfone groups is 1. The molecule has 0 bridgehead atoms. The van der Waals surface area contributed by atoms with E-state index in [4.69, 9.17) is 9.47 Å². The molecule has 0 unspecified atom stereocenters. The molecule has 1 aliphatic carbocycles. The molecule has 1 fully saturated rings. The molecule has 2 aromatic carbocycles. The molecule has 2 aliphatic rings. The van der Waals surface area contributed by atoms with Crippen LogP contribution in [0.4, 0.5) is 41.6 Å². The molecule has 2 aromatic rings. The number of ether oxygens (including phenoxy) is 2. The number of carbonyl (C=O) groups excluding carboxylic acids is 2. The van der Waals surface area contributed by atoms with Gasteiger partial charge in [-0.05, 0) is 81.0 Å². The number of rotatable bonds is 7. The van der Waals surface area contributed by atoms with Crippen molar-refractivity contribution in [2.75, 3.05) is 17.8 Å². The number of alkyl halides is 6. The maximum atomic E-state index is 13.6. The van der Waals surface area contributed by atoms with Gasteiger partial charge in [0.1, 0.15) is 0 Å². The van der Waals surface area contributed by atoms with Crippen LogP contribution >= 0.6 is 0 Å². The van der Waals surface area contributed by atoms with Gasteiger partial charge >= 0.3 is 24.5 Å². The molecule has 0 saturated heterocycles. The molecule has 0 spiro atoms. The number of fused-ring (bicyclic) bond motifs is 1. The summed E-state index contributed by atoms with van der Waals surface area (Å²) in [5.74, 6) is -0.305. The van der Waals surface area contributed by atoms with E-state index < -0.39 is 75.8 Å². The van der Waals surface area contributed by atoms with E-state index in [1.807, 2.05) is 0 Å². The fraction of sp³-hybridized carbons (Fsp3) is 0.517. The minimum Gasteiger partial charge on any atom is -0.453 e. The van der Waals surface area contributed by atoms with Crippen molar-refractivity contribution in [3.05, 3.63) is 58.7 Å². The van der Waals surface area contributed by atoms with E-state index >= 15 is 0 Å². The molecule has 1 heterocycles. The Morgan fingerprint density at radius 3 is 2.07 bits per heavy atom. The van der Waals surface area contributed by atoms with Crippen LogP contribution in [0.3, 0.4) is 0 Å². The van der Waals surface area contributed by atoms with Crippen LogP contribution in [0.2, 0.25) is 0 Å². The monoisotopic (exact) mass is 650 g/mol. The quantitative estimate of drug-likeness (QED) is 0.291. The number of methoxy groups -OCH3 is 1. The highest BCUT2D eigenvalue weighted by molar-refractivity contribution is 7.91. The van der Waals surface area contributed by atoms with Gasteiger partial charge in [-0.2, -0.15) is 26.3 Å². The number of hydrogen-bond donors (Lipinski definition) is 0. The van der Waals surface area contributed by atoms with Crippen LogP contribution in [-0.4, -0.2) is 50.5 Å². The summed E-state index contributed by atoms with van der Waals surface area (Å²) in [7, 11) is -2.79. The zero-order chi connectivity index (χ0) is 32.8. The Kier molecular flexibility index (Phi) is 9.21. The standard InChI is InChI=1S/C29H32F6N2O6S/c1-5-44(40,41)21-8-9-23-22(13-21)25(14-24(18-6-7-18)37(23)27(39)43-16(2)3)36(26(38)42-4)15-17-10-19(28(30,31)32)12-20(11-17)29(33,34)35/h8-13,16,18,24-25H,5-7,14-15H2,1-4H3/t24-,25-/m0/s1. The summed E-state index contributed by atoms with van der Waals surface area (Å²) >= 11 is 0. The van der Waals surface area contributed by atoms with E-state index in [-0.39, 0.29) is 40.3 Å². The van der Waals surface area contributed by atoms with Gasteiger partial charge in [-0.25, -0.2) is 18.0 Å². The first kappa shape index (κ1) is 33.4. The lowest BCUT2D eigenvalue weighted by Crippen LogP contribution is -2.50. The minimum absolute atomic E-state index is 0.000672. The second-order valence-electron chi connectivity index (χ2n) is 11.1. The fourth-order valence-corrected chi connectivity index (χ4v) is 6.33. The highest BCUT2D eigenvalue weighted by Crippen LogP contribution is 2.49. The van der Waals surface area contributed by atoms with E-state index in [0.29, 0.717) is 12.1 Å². The number of nitrogens with zero attached hydrogens (tertiary/aromatic N) is 2. The van der Waals surface area contributed by atoms with Gasteiger partial charge in [-0.3, -0.25) is 9.80 Å². The van der Waals surface area contributed by atoms with Crippen molar-refractivity contribution >= 4 is 27.7 Å². The van der Waals surface area contributed by atoms with Gasteiger partial charge in [0, 0.05) is 18.2 Å². The average Bonchev–Trinajstić information content (AvgIpc) is 3.78. The first-order valence-electron chi connectivity index (χ1n) is 13.9. The van der Waals surface area contributed by atoms with Gasteiger partial charge in [0.15, 0.2) is 9.84 Å². The van der Waals surface area contributed by atoms with Crippen molar-refractivity contribution in [2.24, 2.45) is 5.92 Å². The van der Waals surface area contributed by atoms with Crippen molar-refractivity contribution in [2.45, 2.75) is 82.0 Å². The molecule has 2 atom stereocenters. The zero-order valence-corrected chi connectivity index (χ0v) is 25.1. The predicted octanol–water partition coefficient (Wildman–Crippen LogP) is 7.36. The van der Waals surface area contributed by atoms with E-state index in [1.165, 1.54) is 30.0 Å². The zero-order valence-electron chi connectivity index (χ0n) is 24.3. The van der Waals surface area contributed by atoms with E-state index in [0.717, 1.165) is 24.9 Å². The number of amides is 2. The molecular formula is C29H32F6N2O6S. The van der Waals surface area contributed by atoms with Gasteiger partial charge in [0.2, 0.25) is 0 Å². The smallest absolute Gasteiger partial charge is 0.416 e. The molecular weight excluding hydrogens is 618 g/mol. The third kappa shape index (κ3) is 7.08. The van der Waals surface area contributed by atoms with Crippen LogP contribution in [-0.2, 0) is 38.2 Å². The van der Waals surface area contributed by atoms with Gasteiger partial charge in [-0.15, -0.1) is 0 Å². The maximum Gasteiger partial charge on any atom is 0.416 e. The lowest BCUT2D eigenvalue weighted by atomic mass is 9.87. The van der Waals surface area contributed by atoms with Crippen LogP contribution < -0.4 is 4.90 Å². The minimum atomic E-state index is -5.11. The number of carbonyl (C=O) groups is 2. The Morgan fingerprint density at radius 1 is 1.00 bits per heavy atom. The molecule has 4 rings (SSSR count). The lowest BCUT2D eigenvalue weighted by Gasteiger charge is -2.44. The first-order chi connectivity index (χ1) is 20.4. The molecule has 44 heavy (non-hydrogen) atoms. The predicted molar refractivity (Wildman–Crippen MR) is 147 cm³/mol. The molecule has 242 valence electrons. The topological polar surface area (TPSA) is 93.2 Å². The number of halogens is 6. The fourth-order valence-electron chi connectivity index (χ4n) is 5.42. The van der Waals surface area contributed by atoms with Crippen LogP contribution in [0.15, 0.2) is 41.3 Å². The molecule has 0 aromatic heterocycles. The lowest BCUT2D eigenvalue weighted by molar-refractivity contribution is -0.143. The van der Waals surface area contributed by atoms with Crippen molar-refractivity contribution in [3.8, 4) is 0 Å². The Hall–Kier alpha value is -3.49. The molecule has 2 amide bonds. The summed E-state index contributed by atoms with van der Waals surface area (Å²) in [6.07, 6.45) is -11.0. The second kappa shape index (κ2) is 12.1. The normalized spacial score (nSPS) is 19.0. The summed E-state index contributed by atoms with van der Waals surface area (Å²) in [6.45, 7) is 3.99. The summed E-state index contributed by atoms with van der Waals surface area (Å²) in [4.78, 5) is 28.8. The van der Waals surface area contributed by atoms with Crippen LogP contribution in [0.25, 0.3) is 0 Å². The van der Waals surface area contributed by atoms with Gasteiger partial charge in [-0.1, -0.05) is 6.92 Å². The van der Waals surface area contributed by atoms with E-state index in [9.17, 15) is 44.3 Å². The largest absolute Gasteiger partial charge is 0.453 e. The highest BCUT2D eigenvalue weighted by atomic mass is 32.2. The van der Waals surface area contributed by atoms with E-state index in [1.54, 1.807) is 13.8 Å². The van der Waals surface area contributed by atoms with Crippen molar-refractivity contribution in [3.63, 3.8) is 0 Å². The molecule has 8 nitrogen and oxygen atoms in total. The SMILES string of the molecule is CCS(=O)(=O)c1ccc2c(c1)[C@@H](N(Cc1cc(C(F)(F)F)cc(C(F)(F)F)c1)C(=O)OC)C[C@@H](C1CC1)N2C(=O)OC(C)C. The van der Waals surface area contributed by atoms with Gasteiger partial charge < -0.3 is 9.47 Å². The summed E-state index contributed by atoms with van der Waals surface area (Å²) in [5, 5.41) is 0. The number of benzene rings is 2. The van der Waals surface area contributed by atoms with Crippen LogP contribution in [0.5, 0.6) is 0 Å². The van der Waals surface area contributed by atoms with E-state index in [2.05, 4.69) is 0 Å². The highest BCUT2D eigenvalue weighted by Gasteiger charge is 2.47. The third-order valence-electron chi connectivity index (χ3n) is 7.64. The average molecular weight is 651 g/mol. The van der Waals surface area contributed by atoms with Gasteiger partial charge in [0.25, 0.3) is 0 Å². The summed E-state index contributed by atoms with van der Waals surface area (Å²) in [5.41, 5.74) is -3.20. The van der Waals surface area contributed by atoms with Crippen LogP contribution in [0.1, 0.15) is 68.3 Å². The molecule has 1 aliphatic heterocycles. The molecule has 0 radical (unpaired) electrons. The third-order valence-corrected chi connectivity index (χ3v) is 9.37. The van der Waals surface area contributed by atoms with Crippen molar-refractivity contribution in [1.82, 2.24) is 4.90 Å². The molecule has 1 saturated carbocycles. The maximum absolute atomic E-state index is 13.6. The van der Waals surface area contributed by atoms with Gasteiger partial charge in [0.05, 0.1) is 46.7 Å². The Labute approximate surface area is 250 Å². The number of anilines is 1. The Bertz CT molecular complexity index is 1490. The summed E-state index contributed by atoms with van der Waals surface area (Å²) in [6, 6.07) is 3.39. The molecule has 15 heteroatoms. The van der Waals surface area contributed by atoms with Crippen molar-refractivity contribution in [1.29, 1.82) is 0 Å². The molecule has 0 N–H and O–H groups in total. The Balaban J connectivity index is 1.91. The summed E-state index contributed by atoms with van der Waals surface area (Å²) < 4.78 is 118. The second-order valence-corrected chi connectivity index (χ2v) is 13.4. The van der Waals surface area contributed by atoms with Crippen molar-refractivity contribution < 1.29 is 53.8 Å².